The lowest BCUT2D eigenvalue weighted by atomic mass is 9.99. The minimum atomic E-state index is 0.441. The second-order valence-electron chi connectivity index (χ2n) is 7.72. The van der Waals surface area contributed by atoms with Gasteiger partial charge >= 0.3 is 0 Å². The van der Waals surface area contributed by atoms with Gasteiger partial charge in [-0.2, -0.15) is 0 Å². The van der Waals surface area contributed by atoms with Gasteiger partial charge in [-0.15, -0.1) is 0 Å². The molecule has 9 N–H and O–H groups in total. The molecular weight excluding hydrogens is 396 g/mol. The van der Waals surface area contributed by atoms with Gasteiger partial charge in [-0.3, -0.25) is 0 Å². The first-order valence-corrected chi connectivity index (χ1v) is 13.0. The van der Waals surface area contributed by atoms with Crippen LogP contribution in [-0.2, 0) is 6.42 Å². The molecule has 0 aliphatic rings. The molecule has 1 aromatic rings. The van der Waals surface area contributed by atoms with Gasteiger partial charge < -0.3 is 33.2 Å². The normalized spacial score (nSPS) is 11.2. The Kier molecular flexibility index (Phi) is 29.0. The summed E-state index contributed by atoms with van der Waals surface area (Å²) in [6.07, 6.45) is 7.99. The van der Waals surface area contributed by atoms with E-state index in [9.17, 15) is 0 Å². The third-order valence-electron chi connectivity index (χ3n) is 5.06. The molecule has 0 saturated carbocycles. The van der Waals surface area contributed by atoms with Crippen LogP contribution in [0.5, 0.6) is 0 Å². The van der Waals surface area contributed by atoms with Gasteiger partial charge in [0.2, 0.25) is 0 Å². The van der Waals surface area contributed by atoms with E-state index in [4.69, 9.17) is 17.2 Å². The fraction of sp³-hybridized carbons (Fsp3) is 0.769. The Morgan fingerprint density at radius 2 is 1.16 bits per heavy atom. The van der Waals surface area contributed by atoms with E-state index < -0.39 is 0 Å². The summed E-state index contributed by atoms with van der Waals surface area (Å²) in [6.45, 7) is 16.2. The molecule has 6 heteroatoms. The molecule has 0 bridgehead atoms. The van der Waals surface area contributed by atoms with Crippen LogP contribution in [0.15, 0.2) is 24.3 Å². The molecule has 0 aliphatic carbocycles. The molecule has 0 amide bonds. The smallest absolute Gasteiger partial charge is 0.0294 e. The molecular formula is C26H56N6. The van der Waals surface area contributed by atoms with E-state index in [1.807, 2.05) is 13.8 Å². The Balaban J connectivity index is 0. The number of rotatable bonds is 18. The van der Waals surface area contributed by atoms with Crippen molar-refractivity contribution in [3.63, 3.8) is 0 Å². The Hall–Kier alpha value is -1.02. The van der Waals surface area contributed by atoms with Gasteiger partial charge in [0.25, 0.3) is 0 Å². The average molecular weight is 453 g/mol. The van der Waals surface area contributed by atoms with Crippen LogP contribution >= 0.6 is 0 Å². The number of unbranched alkanes of at least 4 members (excludes halogenated alkanes) is 2. The molecule has 1 rings (SSSR count). The number of hydrogen-bond donors (Lipinski definition) is 6. The lowest BCUT2D eigenvalue weighted by molar-refractivity contribution is 0.529. The maximum absolute atomic E-state index is 5.45. The summed E-state index contributed by atoms with van der Waals surface area (Å²) in [4.78, 5) is 0. The van der Waals surface area contributed by atoms with Crippen LogP contribution in [-0.4, -0.2) is 52.4 Å². The summed E-state index contributed by atoms with van der Waals surface area (Å²) < 4.78 is 0. The zero-order valence-electron chi connectivity index (χ0n) is 21.7. The number of benzene rings is 1. The van der Waals surface area contributed by atoms with Crippen molar-refractivity contribution in [3.05, 3.63) is 35.4 Å². The van der Waals surface area contributed by atoms with Gasteiger partial charge in [0.15, 0.2) is 0 Å². The highest BCUT2D eigenvalue weighted by atomic mass is 14.9. The lowest BCUT2D eigenvalue weighted by Gasteiger charge is -2.17. The highest BCUT2D eigenvalue weighted by molar-refractivity contribution is 5.29. The highest BCUT2D eigenvalue weighted by Gasteiger charge is 2.07. The first kappa shape index (κ1) is 33.2. The quantitative estimate of drug-likeness (QED) is 0.190. The Labute approximate surface area is 199 Å². The van der Waals surface area contributed by atoms with E-state index in [1.54, 1.807) is 0 Å². The largest absolute Gasteiger partial charge is 0.330 e. The molecule has 0 radical (unpaired) electrons. The van der Waals surface area contributed by atoms with Gasteiger partial charge in [0.05, 0.1) is 0 Å². The Morgan fingerprint density at radius 1 is 0.688 bits per heavy atom. The van der Waals surface area contributed by atoms with Crippen LogP contribution in [0.25, 0.3) is 0 Å². The fourth-order valence-corrected chi connectivity index (χ4v) is 3.18. The van der Waals surface area contributed by atoms with E-state index in [-0.39, 0.29) is 0 Å². The first-order chi connectivity index (χ1) is 15.7. The van der Waals surface area contributed by atoms with Crippen molar-refractivity contribution in [3.8, 4) is 0 Å². The third kappa shape index (κ3) is 20.9. The van der Waals surface area contributed by atoms with Crippen LogP contribution in [0.3, 0.4) is 0 Å². The van der Waals surface area contributed by atoms with Crippen LogP contribution in [0, 0.1) is 0 Å². The lowest BCUT2D eigenvalue weighted by Crippen LogP contribution is -2.23. The van der Waals surface area contributed by atoms with Crippen LogP contribution in [0.2, 0.25) is 0 Å². The van der Waals surface area contributed by atoms with E-state index in [0.717, 1.165) is 78.0 Å². The molecule has 0 spiro atoms. The Bertz CT molecular complexity index is 461. The topological polar surface area (TPSA) is 114 Å². The Morgan fingerprint density at radius 3 is 1.69 bits per heavy atom. The predicted octanol–water partition coefficient (Wildman–Crippen LogP) is 3.31. The van der Waals surface area contributed by atoms with E-state index in [0.29, 0.717) is 6.04 Å². The van der Waals surface area contributed by atoms with Crippen molar-refractivity contribution >= 4 is 0 Å². The molecule has 1 unspecified atom stereocenters. The van der Waals surface area contributed by atoms with E-state index in [2.05, 4.69) is 54.1 Å². The van der Waals surface area contributed by atoms with Crippen LogP contribution in [0.1, 0.15) is 83.4 Å². The number of aryl methyl sites for hydroxylation is 1. The van der Waals surface area contributed by atoms with Crippen LogP contribution in [0.4, 0.5) is 0 Å². The SMILES string of the molecule is CC.CCc1ccccc1C(C)NCCCCNCCCN.NCCCCNCCCN. The average Bonchev–Trinajstić information content (AvgIpc) is 2.84. The number of nitrogens with two attached hydrogens (primary N) is 3. The van der Waals surface area contributed by atoms with Crippen molar-refractivity contribution in [2.24, 2.45) is 17.2 Å². The first-order valence-electron chi connectivity index (χ1n) is 13.0. The molecule has 0 aromatic heterocycles. The maximum Gasteiger partial charge on any atom is 0.0294 e. The van der Waals surface area contributed by atoms with Gasteiger partial charge in [0, 0.05) is 6.04 Å². The van der Waals surface area contributed by atoms with Gasteiger partial charge in [-0.1, -0.05) is 45.0 Å². The van der Waals surface area contributed by atoms with Crippen molar-refractivity contribution in [2.75, 3.05) is 52.4 Å². The minimum absolute atomic E-state index is 0.441. The fourth-order valence-electron chi connectivity index (χ4n) is 3.18. The van der Waals surface area contributed by atoms with Gasteiger partial charge in [0.1, 0.15) is 0 Å². The van der Waals surface area contributed by atoms with Crippen molar-refractivity contribution in [2.45, 2.75) is 78.7 Å². The van der Waals surface area contributed by atoms with E-state index >= 15 is 0 Å². The molecule has 190 valence electrons. The summed E-state index contributed by atoms with van der Waals surface area (Å²) >= 11 is 0. The zero-order valence-corrected chi connectivity index (χ0v) is 21.7. The number of nitrogens with one attached hydrogen (secondary N) is 3. The monoisotopic (exact) mass is 452 g/mol. The number of hydrogen-bond acceptors (Lipinski definition) is 6. The predicted molar refractivity (Wildman–Crippen MR) is 144 cm³/mol. The van der Waals surface area contributed by atoms with Crippen molar-refractivity contribution in [1.82, 2.24) is 16.0 Å². The molecule has 0 heterocycles. The van der Waals surface area contributed by atoms with Gasteiger partial charge in [-0.05, 0) is 115 Å². The summed E-state index contributed by atoms with van der Waals surface area (Å²) in [7, 11) is 0. The molecule has 6 nitrogen and oxygen atoms in total. The molecule has 32 heavy (non-hydrogen) atoms. The third-order valence-corrected chi connectivity index (χ3v) is 5.06. The molecule has 1 aromatic carbocycles. The zero-order chi connectivity index (χ0) is 24.3. The van der Waals surface area contributed by atoms with Gasteiger partial charge in [-0.25, -0.2) is 0 Å². The van der Waals surface area contributed by atoms with Crippen molar-refractivity contribution < 1.29 is 0 Å². The summed E-state index contributed by atoms with van der Waals surface area (Å²) in [6, 6.07) is 9.17. The summed E-state index contributed by atoms with van der Waals surface area (Å²) in [5.41, 5.74) is 19.0. The second kappa shape index (κ2) is 28.0. The minimum Gasteiger partial charge on any atom is -0.330 e. The van der Waals surface area contributed by atoms with Crippen LogP contribution < -0.4 is 33.2 Å². The summed E-state index contributed by atoms with van der Waals surface area (Å²) in [5, 5.41) is 10.3. The molecule has 0 aliphatic heterocycles. The maximum atomic E-state index is 5.45. The van der Waals surface area contributed by atoms with E-state index in [1.165, 1.54) is 30.4 Å². The highest BCUT2D eigenvalue weighted by Crippen LogP contribution is 2.18. The standard InChI is InChI=1S/C17H31N3.C7H19N3.C2H6/c1-3-16-9-4-5-10-17(16)15(2)20-14-7-6-12-19-13-8-11-18;8-4-1-2-6-10-7-3-5-9;1-2/h4-5,9-10,15,19-20H,3,6-8,11-14,18H2,1-2H3;10H,1-9H2;1-2H3. The molecule has 1 atom stereocenters. The van der Waals surface area contributed by atoms with Crippen molar-refractivity contribution in [1.29, 1.82) is 0 Å². The molecule has 0 saturated heterocycles. The second-order valence-corrected chi connectivity index (χ2v) is 7.72. The molecule has 0 fully saturated rings. The summed E-state index contributed by atoms with van der Waals surface area (Å²) in [5.74, 6) is 0.